The first-order chi connectivity index (χ1) is 16.6. The number of aliphatic hydroxyl groups is 1. The summed E-state index contributed by atoms with van der Waals surface area (Å²) in [5.74, 6) is -5.21. The van der Waals surface area contributed by atoms with Gasteiger partial charge in [0.05, 0.1) is 6.07 Å². The second-order valence-corrected chi connectivity index (χ2v) is 11.2. The van der Waals surface area contributed by atoms with E-state index in [2.05, 4.69) is 10.6 Å². The van der Waals surface area contributed by atoms with Crippen molar-refractivity contribution < 1.29 is 37.5 Å². The molecular formula is C23H32F3N5O5. The number of piperidine rings is 1. The van der Waals surface area contributed by atoms with E-state index in [0.29, 0.717) is 13.0 Å². The number of nitrogens with zero attached hydrogens (tertiary/aromatic N) is 2. The lowest BCUT2D eigenvalue weighted by Gasteiger charge is -2.38. The first kappa shape index (κ1) is 27.7. The van der Waals surface area contributed by atoms with Gasteiger partial charge in [0.2, 0.25) is 17.7 Å². The molecule has 7 atom stereocenters. The average molecular weight is 516 g/mol. The highest BCUT2D eigenvalue weighted by molar-refractivity contribution is 5.95. The SMILES string of the molecule is CC1(CO)C2CN(C(=O)[C@@H](NC(=O)C(F)(F)F)C(C)(C)C)C(C(=O)N[C@H](C#N)C[C@@H]3CCNC3=O)C21. The van der Waals surface area contributed by atoms with Crippen LogP contribution in [-0.2, 0) is 19.2 Å². The number of hydrogen-bond donors (Lipinski definition) is 4. The molecule has 200 valence electrons. The molecule has 36 heavy (non-hydrogen) atoms. The Labute approximate surface area is 206 Å². The number of carbonyl (C=O) groups excluding carboxylic acids is 4. The molecule has 0 aromatic heterocycles. The number of aliphatic hydroxyl groups excluding tert-OH is 1. The van der Waals surface area contributed by atoms with Crippen LogP contribution in [0.3, 0.4) is 0 Å². The number of carbonyl (C=O) groups is 4. The summed E-state index contributed by atoms with van der Waals surface area (Å²) in [7, 11) is 0. The standard InChI is InChI=1S/C23H32F3N5O5/c1-21(2,3)16(30-20(36)23(24,25)26)19(35)31-9-13-14(22(13,4)10-32)15(31)18(34)29-12(8-27)7-11-5-6-28-17(11)33/h11-16,32H,5-7,9-10H2,1-4H3,(H,28,33)(H,29,34)(H,30,36)/t11-,12-,13?,14?,15?,16+,22?/m0/s1. The average Bonchev–Trinajstić information content (AvgIpc) is 3.10. The summed E-state index contributed by atoms with van der Waals surface area (Å²) in [5, 5.41) is 26.4. The zero-order chi connectivity index (χ0) is 27.2. The Morgan fingerprint density at radius 3 is 2.39 bits per heavy atom. The molecule has 0 bridgehead atoms. The van der Waals surface area contributed by atoms with E-state index in [0.717, 1.165) is 4.90 Å². The topological polar surface area (TPSA) is 152 Å². The molecule has 2 heterocycles. The number of fused-ring (bicyclic) bond motifs is 1. The lowest BCUT2D eigenvalue weighted by atomic mass is 9.85. The van der Waals surface area contributed by atoms with Gasteiger partial charge < -0.3 is 26.0 Å². The second-order valence-electron chi connectivity index (χ2n) is 11.2. The van der Waals surface area contributed by atoms with Crippen LogP contribution in [0.5, 0.6) is 0 Å². The molecule has 4 amide bonds. The summed E-state index contributed by atoms with van der Waals surface area (Å²) in [6.07, 6.45) is -4.61. The Balaban J connectivity index is 1.83. The number of amides is 4. The summed E-state index contributed by atoms with van der Waals surface area (Å²) in [6.45, 7) is 6.45. The first-order valence-electron chi connectivity index (χ1n) is 11.8. The van der Waals surface area contributed by atoms with Crippen molar-refractivity contribution in [3.63, 3.8) is 0 Å². The molecule has 3 rings (SSSR count). The monoisotopic (exact) mass is 515 g/mol. The van der Waals surface area contributed by atoms with Crippen LogP contribution in [-0.4, -0.2) is 77.6 Å². The van der Waals surface area contributed by atoms with Crippen LogP contribution in [0.15, 0.2) is 0 Å². The fourth-order valence-electron chi connectivity index (χ4n) is 5.46. The van der Waals surface area contributed by atoms with Gasteiger partial charge in [0, 0.05) is 36.9 Å². The van der Waals surface area contributed by atoms with Crippen molar-refractivity contribution in [3.05, 3.63) is 0 Å². The molecule has 1 aliphatic carbocycles. The van der Waals surface area contributed by atoms with Crippen LogP contribution >= 0.6 is 0 Å². The van der Waals surface area contributed by atoms with Gasteiger partial charge in [0.25, 0.3) is 0 Å². The summed E-state index contributed by atoms with van der Waals surface area (Å²) in [6, 6.07) is -1.80. The predicted octanol–water partition coefficient (Wildman–Crippen LogP) is 0.0696. The number of alkyl halides is 3. The zero-order valence-corrected chi connectivity index (χ0v) is 20.6. The Morgan fingerprint density at radius 2 is 1.92 bits per heavy atom. The molecule has 2 saturated heterocycles. The van der Waals surface area contributed by atoms with Gasteiger partial charge in [-0.25, -0.2) is 0 Å². The summed E-state index contributed by atoms with van der Waals surface area (Å²) >= 11 is 0. The number of halogens is 3. The van der Waals surface area contributed by atoms with Crippen molar-refractivity contribution in [2.45, 2.75) is 64.8 Å². The number of likely N-dealkylation sites (tertiary alicyclic amines) is 1. The van der Waals surface area contributed by atoms with Crippen molar-refractivity contribution in [1.29, 1.82) is 5.26 Å². The van der Waals surface area contributed by atoms with E-state index in [1.54, 1.807) is 12.2 Å². The highest BCUT2D eigenvalue weighted by atomic mass is 19.4. The van der Waals surface area contributed by atoms with Gasteiger partial charge in [-0.15, -0.1) is 0 Å². The third kappa shape index (κ3) is 5.14. The maximum atomic E-state index is 13.5. The molecular weight excluding hydrogens is 483 g/mol. The van der Waals surface area contributed by atoms with E-state index in [1.165, 1.54) is 20.8 Å². The molecule has 0 spiro atoms. The van der Waals surface area contributed by atoms with Crippen LogP contribution in [0.2, 0.25) is 0 Å². The van der Waals surface area contributed by atoms with Crippen LogP contribution < -0.4 is 16.0 Å². The van der Waals surface area contributed by atoms with Crippen LogP contribution in [0.25, 0.3) is 0 Å². The smallest absolute Gasteiger partial charge is 0.396 e. The van der Waals surface area contributed by atoms with Crippen molar-refractivity contribution in [3.8, 4) is 6.07 Å². The van der Waals surface area contributed by atoms with Crippen molar-refractivity contribution in [2.24, 2.45) is 28.6 Å². The van der Waals surface area contributed by atoms with Gasteiger partial charge in [-0.2, -0.15) is 18.4 Å². The minimum absolute atomic E-state index is 0.00929. The molecule has 4 unspecified atom stereocenters. The highest BCUT2D eigenvalue weighted by Gasteiger charge is 2.72. The van der Waals surface area contributed by atoms with E-state index in [9.17, 15) is 42.7 Å². The zero-order valence-electron chi connectivity index (χ0n) is 20.6. The van der Waals surface area contributed by atoms with Crippen molar-refractivity contribution in [1.82, 2.24) is 20.9 Å². The van der Waals surface area contributed by atoms with E-state index < -0.39 is 64.7 Å². The highest BCUT2D eigenvalue weighted by Crippen LogP contribution is 2.65. The van der Waals surface area contributed by atoms with Crippen LogP contribution in [0.4, 0.5) is 13.2 Å². The van der Waals surface area contributed by atoms with Gasteiger partial charge in [-0.1, -0.05) is 27.7 Å². The fraction of sp³-hybridized carbons (Fsp3) is 0.783. The third-order valence-corrected chi connectivity index (χ3v) is 7.70. The van der Waals surface area contributed by atoms with Gasteiger partial charge in [-0.3, -0.25) is 19.2 Å². The van der Waals surface area contributed by atoms with Crippen LogP contribution in [0.1, 0.15) is 40.5 Å². The molecule has 4 N–H and O–H groups in total. The van der Waals surface area contributed by atoms with Crippen LogP contribution in [0, 0.1) is 39.9 Å². The molecule has 10 nitrogen and oxygen atoms in total. The Morgan fingerprint density at radius 1 is 1.28 bits per heavy atom. The molecule has 3 aliphatic rings. The van der Waals surface area contributed by atoms with E-state index in [1.807, 2.05) is 6.07 Å². The van der Waals surface area contributed by atoms with Crippen molar-refractivity contribution >= 4 is 23.6 Å². The van der Waals surface area contributed by atoms with Crippen molar-refractivity contribution in [2.75, 3.05) is 19.7 Å². The molecule has 13 heteroatoms. The first-order valence-corrected chi connectivity index (χ1v) is 11.8. The van der Waals surface area contributed by atoms with Gasteiger partial charge >= 0.3 is 12.1 Å². The predicted molar refractivity (Wildman–Crippen MR) is 118 cm³/mol. The molecule has 1 saturated carbocycles. The Bertz CT molecular complexity index is 975. The summed E-state index contributed by atoms with van der Waals surface area (Å²) < 4.78 is 38.8. The lowest BCUT2D eigenvalue weighted by Crippen LogP contribution is -2.61. The second kappa shape index (κ2) is 9.53. The molecule has 0 aromatic rings. The van der Waals surface area contributed by atoms with E-state index >= 15 is 0 Å². The maximum absolute atomic E-state index is 13.5. The normalized spacial score (nSPS) is 31.1. The quantitative estimate of drug-likeness (QED) is 0.377. The van der Waals surface area contributed by atoms with Gasteiger partial charge in [0.1, 0.15) is 18.1 Å². The Hall–Kier alpha value is -2.88. The molecule has 0 aromatic carbocycles. The van der Waals surface area contributed by atoms with Gasteiger partial charge in [0.15, 0.2) is 0 Å². The molecule has 3 fully saturated rings. The minimum atomic E-state index is -5.20. The number of hydrogen-bond acceptors (Lipinski definition) is 6. The van der Waals surface area contributed by atoms with Gasteiger partial charge in [-0.05, 0) is 24.2 Å². The largest absolute Gasteiger partial charge is 0.471 e. The third-order valence-electron chi connectivity index (χ3n) is 7.70. The number of nitriles is 1. The minimum Gasteiger partial charge on any atom is -0.396 e. The Kier molecular flexibility index (Phi) is 7.34. The fourth-order valence-corrected chi connectivity index (χ4v) is 5.46. The molecule has 0 radical (unpaired) electrons. The number of nitrogens with one attached hydrogen (secondary N) is 3. The summed E-state index contributed by atoms with van der Waals surface area (Å²) in [5.41, 5.74) is -1.78. The van der Waals surface area contributed by atoms with E-state index in [-0.39, 0.29) is 31.4 Å². The van der Waals surface area contributed by atoms with E-state index in [4.69, 9.17) is 0 Å². The number of rotatable bonds is 7. The molecule has 2 aliphatic heterocycles. The summed E-state index contributed by atoms with van der Waals surface area (Å²) in [4.78, 5) is 51.6. The maximum Gasteiger partial charge on any atom is 0.471 e. The lowest BCUT2D eigenvalue weighted by molar-refractivity contribution is -0.176.